The first-order valence-corrected chi connectivity index (χ1v) is 20.2. The van der Waals surface area contributed by atoms with Crippen molar-refractivity contribution in [1.29, 1.82) is 0 Å². The standard InChI is InChI=1S/C32H39FN6O5S.C8H18/c1-42-25-15-19-14-23-29(22(19)17-26(25)43-2)38-39(31(23)35-21-7-5-6-20(33)16-21)11-13-44-12-10-34-28(40)9-4-3-8-27-30-24(18-45-27)36-32(41)37-30;1-4-6-7-8(3)5-2/h5-7,15-17,24,27,30,35H,3-4,8-14,18H2,1-2H3,(H,34,40)(H2,36,37,41);8H,4-7H2,1-3H3. The average Bonchev–Trinajstić information content (AvgIpc) is 3.90. The maximum atomic E-state index is 14.0. The van der Waals surface area contributed by atoms with Crippen molar-refractivity contribution in [2.75, 3.05) is 45.0 Å². The van der Waals surface area contributed by atoms with Crippen LogP contribution in [0.2, 0.25) is 0 Å². The highest BCUT2D eigenvalue weighted by molar-refractivity contribution is 8.00. The van der Waals surface area contributed by atoms with Gasteiger partial charge in [0.15, 0.2) is 11.5 Å². The van der Waals surface area contributed by atoms with Crippen LogP contribution < -0.4 is 30.7 Å². The number of nitrogens with one attached hydrogen (secondary N) is 4. The Hall–Kier alpha value is -3.97. The van der Waals surface area contributed by atoms with Crippen molar-refractivity contribution in [1.82, 2.24) is 25.7 Å². The fraction of sp³-hybridized carbons (Fsp3) is 0.575. The highest BCUT2D eigenvalue weighted by Gasteiger charge is 2.42. The third-order valence-corrected chi connectivity index (χ3v) is 11.7. The first kappa shape index (κ1) is 40.2. The monoisotopic (exact) mass is 752 g/mol. The Morgan fingerprint density at radius 3 is 2.66 bits per heavy atom. The molecule has 2 fully saturated rings. The van der Waals surface area contributed by atoms with E-state index in [0.29, 0.717) is 61.6 Å². The van der Waals surface area contributed by atoms with Crippen molar-refractivity contribution in [3.8, 4) is 22.8 Å². The first-order valence-electron chi connectivity index (χ1n) is 19.1. The van der Waals surface area contributed by atoms with E-state index in [1.807, 2.05) is 34.6 Å². The molecule has 1 aromatic heterocycles. The zero-order chi connectivity index (χ0) is 37.7. The fourth-order valence-electron chi connectivity index (χ4n) is 7.00. The number of hydrogen-bond acceptors (Lipinski definition) is 8. The minimum Gasteiger partial charge on any atom is -0.493 e. The molecule has 11 nitrogen and oxygen atoms in total. The molecule has 4 atom stereocenters. The van der Waals surface area contributed by atoms with Gasteiger partial charge in [-0.1, -0.05) is 58.9 Å². The molecule has 4 unspecified atom stereocenters. The summed E-state index contributed by atoms with van der Waals surface area (Å²) >= 11 is 1.89. The second-order valence-electron chi connectivity index (χ2n) is 14.1. The van der Waals surface area contributed by atoms with Crippen LogP contribution in [0, 0.1) is 11.7 Å². The van der Waals surface area contributed by atoms with Gasteiger partial charge in [0, 0.05) is 47.2 Å². The molecule has 0 bridgehead atoms. The number of carbonyl (C=O) groups is 2. The summed E-state index contributed by atoms with van der Waals surface area (Å²) in [5, 5.41) is 17.6. The molecule has 6 rings (SSSR count). The van der Waals surface area contributed by atoms with Crippen LogP contribution in [0.5, 0.6) is 11.5 Å². The van der Waals surface area contributed by atoms with E-state index in [0.717, 1.165) is 59.1 Å². The quantitative estimate of drug-likeness (QED) is 0.0576. The van der Waals surface area contributed by atoms with Gasteiger partial charge in [-0.3, -0.25) is 4.79 Å². The first-order chi connectivity index (χ1) is 25.7. The minimum absolute atomic E-state index is 0.0159. The summed E-state index contributed by atoms with van der Waals surface area (Å²) in [5.41, 5.74) is 4.53. The number of rotatable bonds is 19. The van der Waals surface area contributed by atoms with Crippen molar-refractivity contribution in [3.05, 3.63) is 53.3 Å². The van der Waals surface area contributed by atoms with E-state index >= 15 is 0 Å². The van der Waals surface area contributed by atoms with Crippen LogP contribution in [0.4, 0.5) is 20.7 Å². The summed E-state index contributed by atoms with van der Waals surface area (Å²) in [6.45, 7) is 8.52. The molecule has 2 saturated heterocycles. The van der Waals surface area contributed by atoms with Crippen molar-refractivity contribution in [3.63, 3.8) is 0 Å². The summed E-state index contributed by atoms with van der Waals surface area (Å²) in [5.74, 6) is 3.66. The molecule has 13 heteroatoms. The smallest absolute Gasteiger partial charge is 0.315 e. The molecule has 3 aromatic rings. The third-order valence-electron chi connectivity index (χ3n) is 10.2. The number of amides is 3. The molecule has 3 aliphatic rings. The van der Waals surface area contributed by atoms with Gasteiger partial charge in [-0.25, -0.2) is 13.9 Å². The van der Waals surface area contributed by atoms with Crippen LogP contribution in [0.25, 0.3) is 11.3 Å². The van der Waals surface area contributed by atoms with Crippen molar-refractivity contribution < 1.29 is 28.2 Å². The lowest BCUT2D eigenvalue weighted by atomic mass is 10.0. The Bertz CT molecular complexity index is 1670. The molecular weight excluding hydrogens is 696 g/mol. The Balaban J connectivity index is 0.000000609. The van der Waals surface area contributed by atoms with Crippen LogP contribution in [0.15, 0.2) is 36.4 Å². The molecule has 3 heterocycles. The Morgan fingerprint density at radius 1 is 1.09 bits per heavy atom. The molecule has 3 amide bonds. The molecule has 0 radical (unpaired) electrons. The maximum Gasteiger partial charge on any atom is 0.315 e. The molecule has 2 aliphatic heterocycles. The molecule has 53 heavy (non-hydrogen) atoms. The van der Waals surface area contributed by atoms with Gasteiger partial charge >= 0.3 is 6.03 Å². The summed E-state index contributed by atoms with van der Waals surface area (Å²) in [6.07, 6.45) is 9.41. The van der Waals surface area contributed by atoms with Crippen LogP contribution in [-0.4, -0.2) is 78.8 Å². The van der Waals surface area contributed by atoms with Crippen LogP contribution in [0.3, 0.4) is 0 Å². The van der Waals surface area contributed by atoms with Gasteiger partial charge in [0.2, 0.25) is 5.91 Å². The van der Waals surface area contributed by atoms with E-state index < -0.39 is 0 Å². The summed E-state index contributed by atoms with van der Waals surface area (Å²) in [7, 11) is 3.22. The van der Waals surface area contributed by atoms with Gasteiger partial charge in [-0.2, -0.15) is 16.9 Å². The molecule has 4 N–H and O–H groups in total. The molecule has 0 spiro atoms. The average molecular weight is 753 g/mol. The Labute approximate surface area is 317 Å². The lowest BCUT2D eigenvalue weighted by molar-refractivity contribution is -0.121. The zero-order valence-electron chi connectivity index (χ0n) is 31.9. The lowest BCUT2D eigenvalue weighted by Crippen LogP contribution is -2.36. The lowest BCUT2D eigenvalue weighted by Gasteiger charge is -2.16. The number of hydrogen-bond donors (Lipinski definition) is 4. The van der Waals surface area contributed by atoms with Crippen molar-refractivity contribution >= 4 is 35.2 Å². The molecule has 0 saturated carbocycles. The Kier molecular flexibility index (Phi) is 15.1. The van der Waals surface area contributed by atoms with Crippen LogP contribution in [0.1, 0.15) is 83.3 Å². The number of thioether (sulfide) groups is 1. The summed E-state index contributed by atoms with van der Waals surface area (Å²) < 4.78 is 32.7. The number of carbonyl (C=O) groups excluding carboxylic acids is 2. The predicted octanol–water partition coefficient (Wildman–Crippen LogP) is 7.44. The number of unbranched alkanes of at least 4 members (excludes halogenated alkanes) is 2. The van der Waals surface area contributed by atoms with Gasteiger partial charge in [-0.05, 0) is 54.7 Å². The SMILES string of the molecule is CCCCC(C)CC.COc1cc2c(cc1OC)-c1nn(CCOCCNC(=O)CCCCC3SCC4NC(=O)NC43)c(Nc3cccc(F)c3)c1C2. The maximum absolute atomic E-state index is 14.0. The van der Waals surface area contributed by atoms with Gasteiger partial charge in [0.25, 0.3) is 0 Å². The molecule has 290 valence electrons. The number of aromatic nitrogens is 2. The summed E-state index contributed by atoms with van der Waals surface area (Å²) in [6, 6.07) is 10.6. The number of ether oxygens (including phenoxy) is 3. The fourth-order valence-corrected chi connectivity index (χ4v) is 8.54. The second-order valence-corrected chi connectivity index (χ2v) is 15.3. The van der Waals surface area contributed by atoms with Gasteiger partial charge < -0.3 is 35.5 Å². The van der Waals surface area contributed by atoms with E-state index in [1.165, 1.54) is 37.8 Å². The minimum atomic E-state index is -0.326. The number of urea groups is 1. The molecule has 2 aromatic carbocycles. The number of methoxy groups -OCH3 is 2. The second kappa shape index (κ2) is 19.9. The van der Waals surface area contributed by atoms with Crippen LogP contribution >= 0.6 is 11.8 Å². The zero-order valence-corrected chi connectivity index (χ0v) is 32.7. The van der Waals surface area contributed by atoms with E-state index in [4.69, 9.17) is 19.3 Å². The van der Waals surface area contributed by atoms with Crippen LogP contribution in [-0.2, 0) is 22.5 Å². The third kappa shape index (κ3) is 10.8. The van der Waals surface area contributed by atoms with Crippen molar-refractivity contribution in [2.24, 2.45) is 5.92 Å². The molecule has 1 aliphatic carbocycles. The number of fused-ring (bicyclic) bond motifs is 4. The van der Waals surface area contributed by atoms with Crippen molar-refractivity contribution in [2.45, 2.75) is 102 Å². The van der Waals surface area contributed by atoms with Gasteiger partial charge in [0.1, 0.15) is 11.6 Å². The van der Waals surface area contributed by atoms with E-state index in [2.05, 4.69) is 42.0 Å². The number of benzene rings is 2. The largest absolute Gasteiger partial charge is 0.493 e. The number of halogens is 1. The summed E-state index contributed by atoms with van der Waals surface area (Å²) in [4.78, 5) is 23.9. The predicted molar refractivity (Wildman–Crippen MR) is 210 cm³/mol. The number of nitrogens with zero attached hydrogens (tertiary/aromatic N) is 2. The topological polar surface area (TPSA) is 128 Å². The normalized spacial score (nSPS) is 18.5. The van der Waals surface area contributed by atoms with E-state index in [-0.39, 0.29) is 29.8 Å². The van der Waals surface area contributed by atoms with Gasteiger partial charge in [-0.15, -0.1) is 0 Å². The highest BCUT2D eigenvalue weighted by Crippen LogP contribution is 2.45. The molecular formula is C40H57FN6O5S. The van der Waals surface area contributed by atoms with E-state index in [1.54, 1.807) is 20.3 Å². The van der Waals surface area contributed by atoms with E-state index in [9.17, 15) is 14.0 Å². The number of anilines is 2. The Morgan fingerprint density at radius 2 is 1.91 bits per heavy atom. The highest BCUT2D eigenvalue weighted by atomic mass is 32.2. The van der Waals surface area contributed by atoms with Gasteiger partial charge in [0.05, 0.1) is 51.8 Å².